The van der Waals surface area contributed by atoms with E-state index in [0.717, 1.165) is 12.1 Å². The molecule has 1 aromatic rings. The first-order valence-corrected chi connectivity index (χ1v) is 6.57. The topological polar surface area (TPSA) is 38.5 Å². The molecule has 0 aliphatic carbocycles. The maximum absolute atomic E-state index is 11.7. The zero-order chi connectivity index (χ0) is 13.9. The molecular weight excluding hydrogens is 242 g/mol. The van der Waals surface area contributed by atoms with Crippen molar-refractivity contribution in [2.75, 3.05) is 13.2 Å². The molecule has 0 aromatic heterocycles. The highest BCUT2D eigenvalue weighted by molar-refractivity contribution is 5.71. The second-order valence-electron chi connectivity index (χ2n) is 5.79. The van der Waals surface area contributed by atoms with Gasteiger partial charge in [0.15, 0.2) is 0 Å². The molecule has 1 heterocycles. The lowest BCUT2D eigenvalue weighted by Crippen LogP contribution is -2.28. The smallest absolute Gasteiger partial charge is 0.410 e. The fraction of sp³-hybridized carbons (Fsp3) is 0.533. The Bertz CT molecular complexity index is 425. The second-order valence-corrected chi connectivity index (χ2v) is 5.79. The quantitative estimate of drug-likeness (QED) is 0.784. The summed E-state index contributed by atoms with van der Waals surface area (Å²) in [6.45, 7) is 7.48. The van der Waals surface area contributed by atoms with Crippen molar-refractivity contribution >= 4 is 6.09 Å². The molecule has 1 aromatic carbocycles. The molecule has 1 saturated heterocycles. The molecule has 1 atom stereocenters. The maximum atomic E-state index is 11.7. The third-order valence-electron chi connectivity index (χ3n) is 2.76. The summed E-state index contributed by atoms with van der Waals surface area (Å²) in [6.07, 6.45) is -0.249. The number of nitrogens with zero attached hydrogens (tertiary/aromatic N) is 1. The lowest BCUT2D eigenvalue weighted by Gasteiger charge is -2.19. The molecular formula is C15H21NO3. The van der Waals surface area contributed by atoms with Gasteiger partial charge in [-0.15, -0.1) is 0 Å². The van der Waals surface area contributed by atoms with E-state index in [0.29, 0.717) is 13.2 Å². The second kappa shape index (κ2) is 5.61. The summed E-state index contributed by atoms with van der Waals surface area (Å²) in [5, 5.41) is 0. The van der Waals surface area contributed by atoms with Crippen LogP contribution in [0.15, 0.2) is 30.3 Å². The lowest BCUT2D eigenvalue weighted by atomic mass is 10.2. The van der Waals surface area contributed by atoms with Crippen molar-refractivity contribution < 1.29 is 14.3 Å². The lowest BCUT2D eigenvalue weighted by molar-refractivity contribution is 0.0370. The van der Waals surface area contributed by atoms with E-state index in [-0.39, 0.29) is 12.1 Å². The van der Waals surface area contributed by atoms with E-state index in [1.54, 1.807) is 4.90 Å². The first-order valence-electron chi connectivity index (χ1n) is 6.57. The molecule has 104 valence electrons. The summed E-state index contributed by atoms with van der Waals surface area (Å²) >= 11 is 0. The Kier molecular flexibility index (Phi) is 4.10. The number of ether oxygens (including phenoxy) is 2. The van der Waals surface area contributed by atoms with E-state index in [1.165, 1.54) is 0 Å². The van der Waals surface area contributed by atoms with Crippen LogP contribution in [0.2, 0.25) is 0 Å². The van der Waals surface area contributed by atoms with Gasteiger partial charge in [-0.25, -0.2) is 4.79 Å². The molecule has 4 heteroatoms. The Morgan fingerprint density at radius 1 is 1.32 bits per heavy atom. The molecule has 4 nitrogen and oxygen atoms in total. The van der Waals surface area contributed by atoms with Gasteiger partial charge in [-0.2, -0.15) is 0 Å². The molecule has 0 N–H and O–H groups in total. The summed E-state index contributed by atoms with van der Waals surface area (Å²) in [7, 11) is 0. The number of benzene rings is 1. The van der Waals surface area contributed by atoms with Crippen molar-refractivity contribution in [1.82, 2.24) is 4.90 Å². The molecule has 1 aliphatic heterocycles. The summed E-state index contributed by atoms with van der Waals surface area (Å²) in [4.78, 5) is 13.4. The minimum absolute atomic E-state index is 0.165. The fourth-order valence-corrected chi connectivity index (χ4v) is 1.75. The van der Waals surface area contributed by atoms with Crippen LogP contribution in [-0.4, -0.2) is 35.8 Å². The highest BCUT2D eigenvalue weighted by Gasteiger charge is 2.41. The van der Waals surface area contributed by atoms with Crippen molar-refractivity contribution in [3.8, 4) is 0 Å². The van der Waals surface area contributed by atoms with Gasteiger partial charge in [0.05, 0.1) is 19.3 Å². The third kappa shape index (κ3) is 4.56. The van der Waals surface area contributed by atoms with Crippen LogP contribution in [0.3, 0.4) is 0 Å². The van der Waals surface area contributed by atoms with E-state index >= 15 is 0 Å². The number of hydrogen-bond donors (Lipinski definition) is 0. The van der Waals surface area contributed by atoms with E-state index in [1.807, 2.05) is 51.1 Å². The number of carbonyl (C=O) groups excluding carboxylic acids is 1. The molecule has 1 amide bonds. The first-order chi connectivity index (χ1) is 8.96. The predicted molar refractivity (Wildman–Crippen MR) is 72.8 cm³/mol. The van der Waals surface area contributed by atoms with Crippen LogP contribution in [0.5, 0.6) is 0 Å². The van der Waals surface area contributed by atoms with Crippen LogP contribution in [0.4, 0.5) is 4.79 Å². The van der Waals surface area contributed by atoms with Crippen LogP contribution < -0.4 is 0 Å². The molecule has 1 fully saturated rings. The zero-order valence-electron chi connectivity index (χ0n) is 11.8. The Hall–Kier alpha value is -1.55. The van der Waals surface area contributed by atoms with Crippen LogP contribution in [-0.2, 0) is 16.1 Å². The van der Waals surface area contributed by atoms with Crippen molar-refractivity contribution in [3.05, 3.63) is 35.9 Å². The predicted octanol–water partition coefficient (Wildman–Crippen LogP) is 2.82. The van der Waals surface area contributed by atoms with Gasteiger partial charge in [0.25, 0.3) is 0 Å². The van der Waals surface area contributed by atoms with Crippen molar-refractivity contribution in [2.45, 2.75) is 39.0 Å². The molecule has 2 rings (SSSR count). The molecule has 1 aliphatic rings. The van der Waals surface area contributed by atoms with E-state index in [9.17, 15) is 4.79 Å². The van der Waals surface area contributed by atoms with Gasteiger partial charge in [-0.3, -0.25) is 4.90 Å². The Labute approximate surface area is 114 Å². The third-order valence-corrected chi connectivity index (χ3v) is 2.76. The van der Waals surface area contributed by atoms with E-state index in [4.69, 9.17) is 9.47 Å². The summed E-state index contributed by atoms with van der Waals surface area (Å²) in [6, 6.07) is 10.2. The molecule has 0 radical (unpaired) electrons. The van der Waals surface area contributed by atoms with Crippen molar-refractivity contribution in [2.24, 2.45) is 0 Å². The Balaban J connectivity index is 1.66. The summed E-state index contributed by atoms with van der Waals surface area (Å²) in [5.41, 5.74) is 0.710. The van der Waals surface area contributed by atoms with Crippen molar-refractivity contribution in [1.29, 1.82) is 0 Å². The van der Waals surface area contributed by atoms with Crippen LogP contribution in [0.25, 0.3) is 0 Å². The number of rotatable bonds is 4. The minimum Gasteiger partial charge on any atom is -0.444 e. The number of carbonyl (C=O) groups is 1. The maximum Gasteiger partial charge on any atom is 0.410 e. The van der Waals surface area contributed by atoms with E-state index < -0.39 is 5.60 Å². The van der Waals surface area contributed by atoms with Gasteiger partial charge in [0.1, 0.15) is 5.60 Å². The SMILES string of the molecule is CC(C)(C)OC(=O)N1C[C@@H]1COCc1ccccc1. The Morgan fingerprint density at radius 3 is 2.63 bits per heavy atom. The molecule has 0 unspecified atom stereocenters. The Morgan fingerprint density at radius 2 is 2.00 bits per heavy atom. The van der Waals surface area contributed by atoms with Gasteiger partial charge in [-0.1, -0.05) is 30.3 Å². The first kappa shape index (κ1) is 13.9. The van der Waals surface area contributed by atoms with Gasteiger partial charge >= 0.3 is 6.09 Å². The summed E-state index contributed by atoms with van der Waals surface area (Å²) < 4.78 is 10.9. The van der Waals surface area contributed by atoms with Crippen LogP contribution >= 0.6 is 0 Å². The van der Waals surface area contributed by atoms with Crippen LogP contribution in [0.1, 0.15) is 26.3 Å². The van der Waals surface area contributed by atoms with Crippen LogP contribution in [0, 0.1) is 0 Å². The minimum atomic E-state index is -0.435. The van der Waals surface area contributed by atoms with E-state index in [2.05, 4.69) is 0 Å². The largest absolute Gasteiger partial charge is 0.444 e. The van der Waals surface area contributed by atoms with Gasteiger partial charge in [0.2, 0.25) is 0 Å². The molecule has 0 bridgehead atoms. The average Bonchev–Trinajstić information content (AvgIpc) is 3.08. The molecule has 19 heavy (non-hydrogen) atoms. The summed E-state index contributed by atoms with van der Waals surface area (Å²) in [5.74, 6) is 0. The van der Waals surface area contributed by atoms with Gasteiger partial charge in [-0.05, 0) is 26.3 Å². The highest BCUT2D eigenvalue weighted by atomic mass is 16.6. The standard InChI is InChI=1S/C15H21NO3/c1-15(2,3)19-14(17)16-9-13(16)11-18-10-12-7-5-4-6-8-12/h4-8,13H,9-11H2,1-3H3/t13-,16?/m1/s1. The number of amides is 1. The number of hydrogen-bond acceptors (Lipinski definition) is 3. The normalized spacial score (nSPS) is 18.3. The molecule has 0 saturated carbocycles. The average molecular weight is 263 g/mol. The fourth-order valence-electron chi connectivity index (χ4n) is 1.75. The van der Waals surface area contributed by atoms with Gasteiger partial charge in [0, 0.05) is 6.54 Å². The monoisotopic (exact) mass is 263 g/mol. The van der Waals surface area contributed by atoms with Crippen molar-refractivity contribution in [3.63, 3.8) is 0 Å². The molecule has 0 spiro atoms. The van der Waals surface area contributed by atoms with Gasteiger partial charge < -0.3 is 9.47 Å². The zero-order valence-corrected chi connectivity index (χ0v) is 11.8. The highest BCUT2D eigenvalue weighted by Crippen LogP contribution is 2.22.